The van der Waals surface area contributed by atoms with E-state index in [9.17, 15) is 4.79 Å². The number of hydrogen-bond donors (Lipinski definition) is 1. The van der Waals surface area contributed by atoms with Gasteiger partial charge < -0.3 is 9.88 Å². The molecule has 21 heavy (non-hydrogen) atoms. The molecule has 1 aliphatic rings. The number of rotatable bonds is 6. The Hall–Kier alpha value is -1.33. The molecule has 1 fully saturated rings. The predicted molar refractivity (Wildman–Crippen MR) is 82.7 cm³/mol. The molecule has 112 valence electrons. The molecule has 2 aromatic rings. The molecule has 1 N–H and O–H groups in total. The van der Waals surface area contributed by atoms with Gasteiger partial charge in [-0.1, -0.05) is 11.6 Å². The molecule has 0 atom stereocenters. The van der Waals surface area contributed by atoms with E-state index < -0.39 is 0 Å². The summed E-state index contributed by atoms with van der Waals surface area (Å²) in [5.74, 6) is 1.74. The summed E-state index contributed by atoms with van der Waals surface area (Å²) in [4.78, 5) is 20.5. The zero-order chi connectivity index (χ0) is 14.8. The minimum absolute atomic E-state index is 0.148. The van der Waals surface area contributed by atoms with E-state index in [1.807, 2.05) is 4.57 Å². The van der Waals surface area contributed by atoms with Crippen molar-refractivity contribution in [1.82, 2.24) is 19.9 Å². The molecule has 0 aromatic carbocycles. The average Bonchev–Trinajstić information content (AvgIpc) is 3.24. The quantitative estimate of drug-likeness (QED) is 0.829. The maximum atomic E-state index is 11.7. The van der Waals surface area contributed by atoms with Crippen LogP contribution < -0.4 is 5.32 Å². The first kappa shape index (κ1) is 14.6. The van der Waals surface area contributed by atoms with Gasteiger partial charge in [0, 0.05) is 37.5 Å². The molecule has 1 saturated carbocycles. The Balaban J connectivity index is 1.77. The van der Waals surface area contributed by atoms with Gasteiger partial charge in [-0.05, 0) is 18.9 Å². The standard InChI is InChI=1S/C14H16Cl2N4O/c15-4-3-12-19-11-7-10(16)8-18-13(11)20(12)6-5-17-14(21)9-1-2-9/h7-9H,1-6H2,(H,17,21). The van der Waals surface area contributed by atoms with Crippen molar-refractivity contribution >= 4 is 40.3 Å². The molecule has 2 aromatic heterocycles. The second-order valence-corrected chi connectivity index (χ2v) is 5.99. The maximum absolute atomic E-state index is 11.7. The van der Waals surface area contributed by atoms with Crippen molar-refractivity contribution in [3.63, 3.8) is 0 Å². The Labute approximate surface area is 132 Å². The van der Waals surface area contributed by atoms with E-state index in [0.29, 0.717) is 30.4 Å². The summed E-state index contributed by atoms with van der Waals surface area (Å²) in [5, 5.41) is 3.52. The maximum Gasteiger partial charge on any atom is 0.223 e. The Morgan fingerprint density at radius 1 is 1.48 bits per heavy atom. The topological polar surface area (TPSA) is 59.8 Å². The third kappa shape index (κ3) is 3.30. The number of nitrogens with one attached hydrogen (secondary N) is 1. The monoisotopic (exact) mass is 326 g/mol. The minimum atomic E-state index is 0.148. The Morgan fingerprint density at radius 2 is 2.29 bits per heavy atom. The molecule has 7 heteroatoms. The Kier molecular flexibility index (Phi) is 4.31. The summed E-state index contributed by atoms with van der Waals surface area (Å²) in [5.41, 5.74) is 1.54. The SMILES string of the molecule is O=C(NCCn1c(CCCl)nc2cc(Cl)cnc21)C1CC1. The fourth-order valence-corrected chi connectivity index (χ4v) is 2.65. The van der Waals surface area contributed by atoms with Crippen LogP contribution in [0.25, 0.3) is 11.2 Å². The van der Waals surface area contributed by atoms with Crippen LogP contribution in [0, 0.1) is 5.92 Å². The van der Waals surface area contributed by atoms with Gasteiger partial charge in [-0.3, -0.25) is 4.79 Å². The summed E-state index contributed by atoms with van der Waals surface area (Å²) in [7, 11) is 0. The Bertz CT molecular complexity index is 666. The van der Waals surface area contributed by atoms with Crippen LogP contribution in [0.1, 0.15) is 18.7 Å². The van der Waals surface area contributed by atoms with Crippen molar-refractivity contribution in [2.24, 2.45) is 5.92 Å². The van der Waals surface area contributed by atoms with Gasteiger partial charge in [0.2, 0.25) is 5.91 Å². The number of carbonyl (C=O) groups excluding carboxylic acids is 1. The van der Waals surface area contributed by atoms with Gasteiger partial charge in [0.1, 0.15) is 11.3 Å². The Morgan fingerprint density at radius 3 is 3.00 bits per heavy atom. The van der Waals surface area contributed by atoms with Crippen LogP contribution in [0.5, 0.6) is 0 Å². The summed E-state index contributed by atoms with van der Waals surface area (Å²) >= 11 is 11.8. The molecule has 0 aliphatic heterocycles. The summed E-state index contributed by atoms with van der Waals surface area (Å²) < 4.78 is 2.00. The number of pyridine rings is 1. The number of halogens is 2. The average molecular weight is 327 g/mol. The second kappa shape index (κ2) is 6.20. The number of alkyl halides is 1. The molecular weight excluding hydrogens is 311 g/mol. The largest absolute Gasteiger partial charge is 0.354 e. The number of aryl methyl sites for hydroxylation is 1. The van der Waals surface area contributed by atoms with Crippen molar-refractivity contribution in [2.45, 2.75) is 25.8 Å². The third-order valence-corrected chi connectivity index (χ3v) is 3.93. The summed E-state index contributed by atoms with van der Waals surface area (Å²) in [6.45, 7) is 1.20. The van der Waals surface area contributed by atoms with Crippen molar-refractivity contribution < 1.29 is 4.79 Å². The smallest absolute Gasteiger partial charge is 0.223 e. The molecule has 1 aliphatic carbocycles. The fraction of sp³-hybridized carbons (Fsp3) is 0.500. The predicted octanol–water partition coefficient (Wildman–Crippen LogP) is 2.39. The van der Waals surface area contributed by atoms with Crippen LogP contribution in [0.3, 0.4) is 0 Å². The molecule has 2 heterocycles. The van der Waals surface area contributed by atoms with E-state index in [1.165, 1.54) is 0 Å². The normalized spacial score (nSPS) is 14.6. The van der Waals surface area contributed by atoms with E-state index in [-0.39, 0.29) is 11.8 Å². The summed E-state index contributed by atoms with van der Waals surface area (Å²) in [6.07, 6.45) is 4.29. The van der Waals surface area contributed by atoms with Crippen LogP contribution in [-0.2, 0) is 17.8 Å². The van der Waals surface area contributed by atoms with E-state index in [1.54, 1.807) is 12.3 Å². The fourth-order valence-electron chi connectivity index (χ4n) is 2.32. The second-order valence-electron chi connectivity index (χ2n) is 5.18. The highest BCUT2D eigenvalue weighted by Gasteiger charge is 2.29. The lowest BCUT2D eigenvalue weighted by Gasteiger charge is -2.09. The zero-order valence-corrected chi connectivity index (χ0v) is 13.0. The molecule has 5 nitrogen and oxygen atoms in total. The highest BCUT2D eigenvalue weighted by atomic mass is 35.5. The number of aromatic nitrogens is 3. The van der Waals surface area contributed by atoms with Crippen molar-refractivity contribution in [2.75, 3.05) is 12.4 Å². The van der Waals surface area contributed by atoms with Gasteiger partial charge >= 0.3 is 0 Å². The summed E-state index contributed by atoms with van der Waals surface area (Å²) in [6, 6.07) is 1.79. The van der Waals surface area contributed by atoms with E-state index in [4.69, 9.17) is 23.2 Å². The number of amides is 1. The molecule has 0 bridgehead atoms. The highest BCUT2D eigenvalue weighted by molar-refractivity contribution is 6.31. The van der Waals surface area contributed by atoms with E-state index in [2.05, 4.69) is 15.3 Å². The first-order chi connectivity index (χ1) is 10.2. The minimum Gasteiger partial charge on any atom is -0.354 e. The van der Waals surface area contributed by atoms with Crippen LogP contribution >= 0.6 is 23.2 Å². The first-order valence-corrected chi connectivity index (χ1v) is 7.94. The molecule has 0 unspecified atom stereocenters. The van der Waals surface area contributed by atoms with Crippen LogP contribution in [0.2, 0.25) is 5.02 Å². The molecular formula is C14H16Cl2N4O. The molecule has 0 radical (unpaired) electrons. The van der Waals surface area contributed by atoms with Crippen molar-refractivity contribution in [3.8, 4) is 0 Å². The number of carbonyl (C=O) groups is 1. The lowest BCUT2D eigenvalue weighted by atomic mass is 10.4. The molecule has 1 amide bonds. The lowest BCUT2D eigenvalue weighted by Crippen LogP contribution is -2.28. The van der Waals surface area contributed by atoms with Gasteiger partial charge in [-0.15, -0.1) is 11.6 Å². The van der Waals surface area contributed by atoms with Crippen molar-refractivity contribution in [3.05, 3.63) is 23.1 Å². The number of hydrogen-bond acceptors (Lipinski definition) is 3. The van der Waals surface area contributed by atoms with Crippen LogP contribution in [0.4, 0.5) is 0 Å². The van der Waals surface area contributed by atoms with Gasteiger partial charge in [0.15, 0.2) is 5.65 Å². The number of nitrogens with zero attached hydrogens (tertiary/aromatic N) is 3. The van der Waals surface area contributed by atoms with E-state index in [0.717, 1.165) is 29.8 Å². The van der Waals surface area contributed by atoms with Gasteiger partial charge in [0.25, 0.3) is 0 Å². The first-order valence-electron chi connectivity index (χ1n) is 7.03. The van der Waals surface area contributed by atoms with E-state index >= 15 is 0 Å². The van der Waals surface area contributed by atoms with Crippen molar-refractivity contribution in [1.29, 1.82) is 0 Å². The van der Waals surface area contributed by atoms with Gasteiger partial charge in [-0.2, -0.15) is 0 Å². The molecule has 0 spiro atoms. The van der Waals surface area contributed by atoms with Gasteiger partial charge in [0.05, 0.1) is 5.02 Å². The lowest BCUT2D eigenvalue weighted by molar-refractivity contribution is -0.122. The van der Waals surface area contributed by atoms with Gasteiger partial charge in [-0.25, -0.2) is 9.97 Å². The van der Waals surface area contributed by atoms with Crippen LogP contribution in [-0.4, -0.2) is 32.9 Å². The highest BCUT2D eigenvalue weighted by Crippen LogP contribution is 2.28. The zero-order valence-electron chi connectivity index (χ0n) is 11.5. The number of fused-ring (bicyclic) bond motifs is 1. The van der Waals surface area contributed by atoms with Crippen LogP contribution in [0.15, 0.2) is 12.3 Å². The molecule has 0 saturated heterocycles. The molecule has 3 rings (SSSR count). The third-order valence-electron chi connectivity index (χ3n) is 3.53. The number of imidazole rings is 1.